The van der Waals surface area contributed by atoms with Crippen LogP contribution in [-0.2, 0) is 4.74 Å². The van der Waals surface area contributed by atoms with Gasteiger partial charge in [-0.05, 0) is 29.3 Å². The largest absolute Gasteiger partial charge is 0.374 e. The monoisotopic (exact) mass is 306 g/mol. The fourth-order valence-corrected chi connectivity index (χ4v) is 2.91. The molecule has 0 amide bonds. The Morgan fingerprint density at radius 1 is 1.24 bits per heavy atom. The summed E-state index contributed by atoms with van der Waals surface area (Å²) >= 11 is 0. The van der Waals surface area contributed by atoms with Crippen LogP contribution in [0.3, 0.4) is 0 Å². The van der Waals surface area contributed by atoms with E-state index in [2.05, 4.69) is 54.3 Å². The summed E-state index contributed by atoms with van der Waals surface area (Å²) in [5.74, 6) is 0. The Hall–Kier alpha value is -1.13. The predicted octanol–water partition coefficient (Wildman–Crippen LogP) is 2.98. The lowest BCUT2D eigenvalue weighted by Gasteiger charge is -2.36. The first kappa shape index (κ1) is 16.2. The minimum absolute atomic E-state index is 0. The van der Waals surface area contributed by atoms with E-state index in [9.17, 15) is 0 Å². The second-order valence-corrected chi connectivity index (χ2v) is 5.51. The Kier molecular flexibility index (Phi) is 5.59. The maximum Gasteiger partial charge on any atom is 0.0824 e. The summed E-state index contributed by atoms with van der Waals surface area (Å²) < 4.78 is 5.65. The van der Waals surface area contributed by atoms with Gasteiger partial charge in [-0.2, -0.15) is 0 Å². The van der Waals surface area contributed by atoms with Crippen LogP contribution < -0.4 is 5.73 Å². The van der Waals surface area contributed by atoms with Crippen molar-refractivity contribution in [3.63, 3.8) is 0 Å². The Morgan fingerprint density at radius 2 is 2.00 bits per heavy atom. The van der Waals surface area contributed by atoms with Crippen molar-refractivity contribution in [1.29, 1.82) is 0 Å². The maximum atomic E-state index is 5.73. The Balaban J connectivity index is 0.00000161. The molecule has 0 aromatic heterocycles. The van der Waals surface area contributed by atoms with Crippen LogP contribution in [-0.4, -0.2) is 37.2 Å². The fraction of sp³-hybridized carbons (Fsp3) is 0.412. The highest BCUT2D eigenvalue weighted by atomic mass is 35.5. The van der Waals surface area contributed by atoms with Crippen molar-refractivity contribution in [2.45, 2.75) is 19.1 Å². The van der Waals surface area contributed by atoms with Gasteiger partial charge in [-0.3, -0.25) is 4.90 Å². The molecular weight excluding hydrogens is 284 g/mol. The lowest BCUT2D eigenvalue weighted by atomic mass is 10.0. The smallest absolute Gasteiger partial charge is 0.0824 e. The highest BCUT2D eigenvalue weighted by Gasteiger charge is 2.24. The SMILES string of the molecule is CC(c1ccc2ccccc2c1)N1CCOC(CN)C1.Cl. The van der Waals surface area contributed by atoms with Crippen molar-refractivity contribution in [1.82, 2.24) is 4.90 Å². The van der Waals surface area contributed by atoms with Crippen LogP contribution in [0.5, 0.6) is 0 Å². The van der Waals surface area contributed by atoms with Crippen molar-refractivity contribution in [2.24, 2.45) is 5.73 Å². The molecule has 0 spiro atoms. The minimum Gasteiger partial charge on any atom is -0.374 e. The van der Waals surface area contributed by atoms with Gasteiger partial charge in [0.25, 0.3) is 0 Å². The number of nitrogens with two attached hydrogens (primary N) is 1. The molecule has 2 aromatic rings. The van der Waals surface area contributed by atoms with E-state index >= 15 is 0 Å². The van der Waals surface area contributed by atoms with Crippen LogP contribution in [0.25, 0.3) is 10.8 Å². The van der Waals surface area contributed by atoms with Gasteiger partial charge < -0.3 is 10.5 Å². The average molecular weight is 307 g/mol. The minimum atomic E-state index is 0. The summed E-state index contributed by atoms with van der Waals surface area (Å²) in [5.41, 5.74) is 7.09. The highest BCUT2D eigenvalue weighted by Crippen LogP contribution is 2.25. The van der Waals surface area contributed by atoms with E-state index in [1.807, 2.05) is 0 Å². The second-order valence-electron chi connectivity index (χ2n) is 5.51. The first-order valence-electron chi connectivity index (χ1n) is 7.32. The summed E-state index contributed by atoms with van der Waals surface area (Å²) in [6, 6.07) is 15.7. The summed E-state index contributed by atoms with van der Waals surface area (Å²) in [6.07, 6.45) is 0.173. The number of benzene rings is 2. The molecule has 3 rings (SSSR count). The van der Waals surface area contributed by atoms with E-state index in [1.165, 1.54) is 16.3 Å². The second kappa shape index (κ2) is 7.23. The number of nitrogens with zero attached hydrogens (tertiary/aromatic N) is 1. The number of rotatable bonds is 3. The zero-order valence-corrected chi connectivity index (χ0v) is 13.2. The normalized spacial score (nSPS) is 21.0. The van der Waals surface area contributed by atoms with Crippen LogP contribution in [0.1, 0.15) is 18.5 Å². The fourth-order valence-electron chi connectivity index (χ4n) is 2.91. The van der Waals surface area contributed by atoms with Gasteiger partial charge in [0.05, 0.1) is 12.7 Å². The first-order chi connectivity index (χ1) is 9.78. The molecule has 4 heteroatoms. The molecule has 3 nitrogen and oxygen atoms in total. The molecule has 1 fully saturated rings. The van der Waals surface area contributed by atoms with E-state index in [0.717, 1.165) is 19.7 Å². The standard InChI is InChI=1S/C17H22N2O.ClH/c1-13(19-8-9-20-17(11-18)12-19)15-7-6-14-4-2-3-5-16(14)10-15;/h2-7,10,13,17H,8-9,11-12,18H2,1H3;1H. The highest BCUT2D eigenvalue weighted by molar-refractivity contribution is 5.85. The molecule has 0 aliphatic carbocycles. The third kappa shape index (κ3) is 3.55. The molecule has 0 saturated carbocycles. The molecule has 1 saturated heterocycles. The predicted molar refractivity (Wildman–Crippen MR) is 90.0 cm³/mol. The van der Waals surface area contributed by atoms with Crippen molar-refractivity contribution >= 4 is 23.2 Å². The molecule has 2 N–H and O–H groups in total. The summed E-state index contributed by atoms with van der Waals surface area (Å²) in [4.78, 5) is 2.46. The van der Waals surface area contributed by atoms with E-state index in [0.29, 0.717) is 12.6 Å². The first-order valence-corrected chi connectivity index (χ1v) is 7.32. The molecule has 2 aromatic carbocycles. The van der Waals surface area contributed by atoms with Gasteiger partial charge in [0.1, 0.15) is 0 Å². The number of morpholine rings is 1. The average Bonchev–Trinajstić information content (AvgIpc) is 2.53. The molecule has 0 bridgehead atoms. The van der Waals surface area contributed by atoms with Crippen LogP contribution in [0.15, 0.2) is 42.5 Å². The Labute approximate surface area is 132 Å². The number of halogens is 1. The molecule has 0 radical (unpaired) electrons. The van der Waals surface area contributed by atoms with Gasteiger partial charge in [0.15, 0.2) is 0 Å². The number of hydrogen-bond donors (Lipinski definition) is 1. The van der Waals surface area contributed by atoms with Crippen LogP contribution in [0.2, 0.25) is 0 Å². The van der Waals surface area contributed by atoms with Gasteiger partial charge >= 0.3 is 0 Å². The van der Waals surface area contributed by atoms with Crippen LogP contribution >= 0.6 is 12.4 Å². The van der Waals surface area contributed by atoms with Crippen LogP contribution in [0.4, 0.5) is 0 Å². The van der Waals surface area contributed by atoms with Gasteiger partial charge in [0, 0.05) is 25.7 Å². The van der Waals surface area contributed by atoms with E-state index in [-0.39, 0.29) is 18.5 Å². The molecule has 1 aliphatic heterocycles. The number of hydrogen-bond acceptors (Lipinski definition) is 3. The molecule has 2 unspecified atom stereocenters. The van der Waals surface area contributed by atoms with Crippen LogP contribution in [0, 0.1) is 0 Å². The van der Waals surface area contributed by atoms with E-state index in [4.69, 9.17) is 10.5 Å². The topological polar surface area (TPSA) is 38.5 Å². The van der Waals surface area contributed by atoms with Gasteiger partial charge in [-0.1, -0.05) is 36.4 Å². The van der Waals surface area contributed by atoms with Crippen molar-refractivity contribution < 1.29 is 4.74 Å². The van der Waals surface area contributed by atoms with Gasteiger partial charge in [0.2, 0.25) is 0 Å². The van der Waals surface area contributed by atoms with Gasteiger partial charge in [-0.25, -0.2) is 0 Å². The molecule has 1 heterocycles. The Morgan fingerprint density at radius 3 is 2.76 bits per heavy atom. The quantitative estimate of drug-likeness (QED) is 0.947. The molecule has 2 atom stereocenters. The molecule has 1 aliphatic rings. The zero-order chi connectivity index (χ0) is 13.9. The van der Waals surface area contributed by atoms with Crippen molar-refractivity contribution in [3.8, 4) is 0 Å². The molecule has 21 heavy (non-hydrogen) atoms. The van der Waals surface area contributed by atoms with Crippen molar-refractivity contribution in [2.75, 3.05) is 26.2 Å². The summed E-state index contributed by atoms with van der Waals surface area (Å²) in [6.45, 7) is 5.54. The van der Waals surface area contributed by atoms with Gasteiger partial charge in [-0.15, -0.1) is 12.4 Å². The molecular formula is C17H23ClN2O. The lowest BCUT2D eigenvalue weighted by molar-refractivity contribution is -0.0364. The summed E-state index contributed by atoms with van der Waals surface area (Å²) in [7, 11) is 0. The van der Waals surface area contributed by atoms with E-state index in [1.54, 1.807) is 0 Å². The number of fused-ring (bicyclic) bond motifs is 1. The number of ether oxygens (including phenoxy) is 1. The lowest BCUT2D eigenvalue weighted by Crippen LogP contribution is -2.46. The third-order valence-corrected chi connectivity index (χ3v) is 4.24. The molecule has 114 valence electrons. The Bertz CT molecular complexity index is 590. The zero-order valence-electron chi connectivity index (χ0n) is 12.4. The summed E-state index contributed by atoms with van der Waals surface area (Å²) in [5, 5.41) is 2.60. The maximum absolute atomic E-state index is 5.73. The third-order valence-electron chi connectivity index (χ3n) is 4.24. The van der Waals surface area contributed by atoms with Crippen molar-refractivity contribution in [3.05, 3.63) is 48.0 Å². The van der Waals surface area contributed by atoms with E-state index < -0.39 is 0 Å².